The highest BCUT2D eigenvalue weighted by Crippen LogP contribution is 2.21. The van der Waals surface area contributed by atoms with Gasteiger partial charge in [0.1, 0.15) is 5.76 Å². The summed E-state index contributed by atoms with van der Waals surface area (Å²) in [5.74, 6) is 1.09. The molecular formula is C20H22ClN3O2. The molecule has 6 heteroatoms. The number of piperidine rings is 1. The lowest BCUT2D eigenvalue weighted by Crippen LogP contribution is -2.42. The predicted molar refractivity (Wildman–Crippen MR) is 102 cm³/mol. The van der Waals surface area contributed by atoms with E-state index >= 15 is 0 Å². The molecule has 0 unspecified atom stereocenters. The van der Waals surface area contributed by atoms with E-state index in [0.717, 1.165) is 54.8 Å². The van der Waals surface area contributed by atoms with Crippen LogP contribution in [0.25, 0.3) is 10.9 Å². The highest BCUT2D eigenvalue weighted by molar-refractivity contribution is 6.31. The van der Waals surface area contributed by atoms with Gasteiger partial charge in [0, 0.05) is 28.2 Å². The van der Waals surface area contributed by atoms with Crippen LogP contribution in [-0.2, 0) is 17.9 Å². The molecule has 0 saturated carbocycles. The normalized spacial score (nSPS) is 18.3. The number of rotatable bonds is 5. The van der Waals surface area contributed by atoms with Gasteiger partial charge in [-0.3, -0.25) is 9.69 Å². The lowest BCUT2D eigenvalue weighted by molar-refractivity contribution is -0.127. The van der Waals surface area contributed by atoms with Crippen molar-refractivity contribution in [2.45, 2.75) is 25.9 Å². The first kappa shape index (κ1) is 17.2. The third-order valence-corrected chi connectivity index (χ3v) is 5.16. The highest BCUT2D eigenvalue weighted by Gasteiger charge is 2.26. The number of likely N-dealkylation sites (tertiary alicyclic amines) is 1. The molecule has 2 aromatic heterocycles. The molecule has 3 heterocycles. The Hall–Kier alpha value is -2.24. The van der Waals surface area contributed by atoms with Crippen LogP contribution in [0.15, 0.2) is 47.1 Å². The Morgan fingerprint density at radius 1 is 1.35 bits per heavy atom. The number of hydrogen-bond acceptors (Lipinski definition) is 3. The maximum atomic E-state index is 12.6. The molecule has 26 heavy (non-hydrogen) atoms. The first-order valence-corrected chi connectivity index (χ1v) is 9.35. The second-order valence-electron chi connectivity index (χ2n) is 6.90. The van der Waals surface area contributed by atoms with Crippen LogP contribution >= 0.6 is 11.6 Å². The van der Waals surface area contributed by atoms with E-state index in [1.165, 1.54) is 0 Å². The molecular weight excluding hydrogens is 350 g/mol. The molecule has 136 valence electrons. The van der Waals surface area contributed by atoms with Crippen molar-refractivity contribution in [3.63, 3.8) is 0 Å². The van der Waals surface area contributed by atoms with E-state index in [-0.39, 0.29) is 11.8 Å². The van der Waals surface area contributed by atoms with Crippen molar-refractivity contribution in [3.8, 4) is 0 Å². The maximum Gasteiger partial charge on any atom is 0.224 e. The third-order valence-electron chi connectivity index (χ3n) is 4.93. The van der Waals surface area contributed by atoms with Gasteiger partial charge in [-0.1, -0.05) is 11.6 Å². The summed E-state index contributed by atoms with van der Waals surface area (Å²) in [6, 6.07) is 11.6. The Labute approximate surface area is 157 Å². The molecule has 1 atom stereocenters. The SMILES string of the molecule is O=C(NCc1cc2cc(Cl)ccc2[nH]1)[C@H]1CCCN(Cc2ccco2)C1. The molecule has 0 radical (unpaired) electrons. The van der Waals surface area contributed by atoms with Gasteiger partial charge in [0.2, 0.25) is 5.91 Å². The summed E-state index contributed by atoms with van der Waals surface area (Å²) in [4.78, 5) is 18.2. The number of aromatic nitrogens is 1. The minimum atomic E-state index is 0.0255. The quantitative estimate of drug-likeness (QED) is 0.714. The second kappa shape index (κ2) is 7.56. The number of carbonyl (C=O) groups is 1. The van der Waals surface area contributed by atoms with Crippen LogP contribution in [0.5, 0.6) is 0 Å². The molecule has 1 fully saturated rings. The number of amides is 1. The Balaban J connectivity index is 1.33. The minimum absolute atomic E-state index is 0.0255. The smallest absolute Gasteiger partial charge is 0.224 e. The largest absolute Gasteiger partial charge is 0.468 e. The minimum Gasteiger partial charge on any atom is -0.468 e. The van der Waals surface area contributed by atoms with Crippen molar-refractivity contribution in [2.24, 2.45) is 5.92 Å². The van der Waals surface area contributed by atoms with Crippen LogP contribution < -0.4 is 5.32 Å². The lowest BCUT2D eigenvalue weighted by atomic mass is 9.97. The van der Waals surface area contributed by atoms with Gasteiger partial charge in [0.05, 0.1) is 25.3 Å². The summed E-state index contributed by atoms with van der Waals surface area (Å²) in [7, 11) is 0. The highest BCUT2D eigenvalue weighted by atomic mass is 35.5. The number of aromatic amines is 1. The molecule has 1 aliphatic heterocycles. The fourth-order valence-electron chi connectivity index (χ4n) is 3.62. The fraction of sp³-hybridized carbons (Fsp3) is 0.350. The van der Waals surface area contributed by atoms with Crippen LogP contribution in [0.4, 0.5) is 0 Å². The number of H-pyrrole nitrogens is 1. The van der Waals surface area contributed by atoms with Gasteiger partial charge in [0.25, 0.3) is 0 Å². The van der Waals surface area contributed by atoms with Crippen LogP contribution in [-0.4, -0.2) is 28.9 Å². The van der Waals surface area contributed by atoms with Crippen molar-refractivity contribution in [1.82, 2.24) is 15.2 Å². The molecule has 4 rings (SSSR count). The number of carbonyl (C=O) groups excluding carboxylic acids is 1. The van der Waals surface area contributed by atoms with Gasteiger partial charge >= 0.3 is 0 Å². The van der Waals surface area contributed by atoms with Crippen molar-refractivity contribution in [3.05, 3.63) is 59.1 Å². The maximum absolute atomic E-state index is 12.6. The van der Waals surface area contributed by atoms with E-state index in [4.69, 9.17) is 16.0 Å². The zero-order valence-electron chi connectivity index (χ0n) is 14.5. The summed E-state index contributed by atoms with van der Waals surface area (Å²) in [6.07, 6.45) is 3.66. The molecule has 1 amide bonds. The standard InChI is InChI=1S/C20H22ClN3O2/c21-16-5-6-19-15(9-16)10-17(23-19)11-22-20(25)14-3-1-7-24(12-14)13-18-4-2-8-26-18/h2,4-6,8-10,14,23H,1,3,7,11-13H2,(H,22,25)/t14-/m0/s1. The zero-order chi connectivity index (χ0) is 17.9. The summed E-state index contributed by atoms with van der Waals surface area (Å²) in [5.41, 5.74) is 2.01. The summed E-state index contributed by atoms with van der Waals surface area (Å²) >= 11 is 6.03. The van der Waals surface area contributed by atoms with E-state index in [0.29, 0.717) is 11.6 Å². The summed E-state index contributed by atoms with van der Waals surface area (Å²) in [6.45, 7) is 3.04. The average Bonchev–Trinajstić information content (AvgIpc) is 3.28. The van der Waals surface area contributed by atoms with E-state index < -0.39 is 0 Å². The first-order chi connectivity index (χ1) is 12.7. The molecule has 0 spiro atoms. The molecule has 0 aliphatic carbocycles. The molecule has 0 bridgehead atoms. The van der Waals surface area contributed by atoms with Gasteiger partial charge in [-0.25, -0.2) is 0 Å². The average molecular weight is 372 g/mol. The monoisotopic (exact) mass is 371 g/mol. The number of benzene rings is 1. The van der Waals surface area contributed by atoms with E-state index in [9.17, 15) is 4.79 Å². The van der Waals surface area contributed by atoms with Crippen LogP contribution in [0.3, 0.4) is 0 Å². The van der Waals surface area contributed by atoms with Crippen molar-refractivity contribution in [1.29, 1.82) is 0 Å². The zero-order valence-corrected chi connectivity index (χ0v) is 15.3. The van der Waals surface area contributed by atoms with E-state index in [2.05, 4.69) is 15.2 Å². The lowest BCUT2D eigenvalue weighted by Gasteiger charge is -2.31. The molecule has 5 nitrogen and oxygen atoms in total. The van der Waals surface area contributed by atoms with Gasteiger partial charge in [-0.15, -0.1) is 0 Å². The number of nitrogens with one attached hydrogen (secondary N) is 2. The van der Waals surface area contributed by atoms with Crippen molar-refractivity contribution >= 4 is 28.4 Å². The number of fused-ring (bicyclic) bond motifs is 1. The number of halogens is 1. The van der Waals surface area contributed by atoms with Crippen LogP contribution in [0, 0.1) is 5.92 Å². The van der Waals surface area contributed by atoms with Gasteiger partial charge in [0.15, 0.2) is 0 Å². The van der Waals surface area contributed by atoms with Gasteiger partial charge in [-0.2, -0.15) is 0 Å². The Morgan fingerprint density at radius 3 is 3.12 bits per heavy atom. The predicted octanol–water partition coefficient (Wildman–Crippen LogP) is 3.94. The number of furan rings is 1. The van der Waals surface area contributed by atoms with Gasteiger partial charge in [-0.05, 0) is 55.8 Å². The fourth-order valence-corrected chi connectivity index (χ4v) is 3.80. The Bertz CT molecular complexity index is 888. The van der Waals surface area contributed by atoms with Gasteiger partial charge < -0.3 is 14.7 Å². The molecule has 3 aromatic rings. The topological polar surface area (TPSA) is 61.3 Å². The molecule has 1 aliphatic rings. The van der Waals surface area contributed by atoms with E-state index in [1.807, 2.05) is 36.4 Å². The second-order valence-corrected chi connectivity index (χ2v) is 7.33. The summed E-state index contributed by atoms with van der Waals surface area (Å²) in [5, 5.41) is 4.84. The number of hydrogen-bond donors (Lipinski definition) is 2. The number of nitrogens with zero attached hydrogens (tertiary/aromatic N) is 1. The van der Waals surface area contributed by atoms with Crippen LogP contribution in [0.2, 0.25) is 5.02 Å². The third kappa shape index (κ3) is 3.94. The Kier molecular flexibility index (Phi) is 5.00. The van der Waals surface area contributed by atoms with Crippen molar-refractivity contribution < 1.29 is 9.21 Å². The summed E-state index contributed by atoms with van der Waals surface area (Å²) < 4.78 is 5.42. The molecule has 1 aromatic carbocycles. The van der Waals surface area contributed by atoms with Crippen LogP contribution in [0.1, 0.15) is 24.3 Å². The Morgan fingerprint density at radius 2 is 2.27 bits per heavy atom. The molecule has 1 saturated heterocycles. The first-order valence-electron chi connectivity index (χ1n) is 8.97. The van der Waals surface area contributed by atoms with E-state index in [1.54, 1.807) is 6.26 Å². The van der Waals surface area contributed by atoms with Crippen molar-refractivity contribution in [2.75, 3.05) is 13.1 Å². The molecule has 2 N–H and O–H groups in total.